The normalized spacial score (nSPS) is 10.6. The van der Waals surface area contributed by atoms with Gasteiger partial charge in [-0.1, -0.05) is 0 Å². The van der Waals surface area contributed by atoms with Gasteiger partial charge in [0.25, 0.3) is 5.91 Å². The first kappa shape index (κ1) is 14.3. The Morgan fingerprint density at radius 3 is 2.55 bits per heavy atom. The molecule has 2 aromatic heterocycles. The van der Waals surface area contributed by atoms with Gasteiger partial charge >= 0.3 is 5.97 Å². The number of hydrogen-bond donors (Lipinski definition) is 3. The Hall–Kier alpha value is -2.08. The third-order valence-corrected chi connectivity index (χ3v) is 4.28. The molecule has 2 heterocycles. The van der Waals surface area contributed by atoms with Crippen molar-refractivity contribution in [2.45, 2.75) is 27.3 Å². The third kappa shape index (κ3) is 2.60. The van der Waals surface area contributed by atoms with Gasteiger partial charge in [-0.3, -0.25) is 4.79 Å². The highest BCUT2D eigenvalue weighted by Gasteiger charge is 2.21. The summed E-state index contributed by atoms with van der Waals surface area (Å²) in [4.78, 5) is 27.1. The van der Waals surface area contributed by atoms with E-state index in [-0.39, 0.29) is 11.6 Å². The minimum atomic E-state index is -1.06. The Morgan fingerprint density at radius 1 is 1.35 bits per heavy atom. The molecule has 2 rings (SSSR count). The second-order valence-corrected chi connectivity index (χ2v) is 5.64. The fourth-order valence-electron chi connectivity index (χ4n) is 2.14. The number of thiophene rings is 1. The lowest BCUT2D eigenvalue weighted by atomic mass is 10.1. The van der Waals surface area contributed by atoms with Gasteiger partial charge in [-0.15, -0.1) is 11.3 Å². The highest BCUT2D eigenvalue weighted by molar-refractivity contribution is 7.10. The van der Waals surface area contributed by atoms with Crippen LogP contribution in [0.5, 0.6) is 0 Å². The number of rotatable bonds is 4. The Morgan fingerprint density at radius 2 is 2.05 bits per heavy atom. The molecule has 6 heteroatoms. The lowest BCUT2D eigenvalue weighted by Crippen LogP contribution is -2.23. The van der Waals surface area contributed by atoms with Crippen LogP contribution in [0.3, 0.4) is 0 Å². The van der Waals surface area contributed by atoms with Crippen LogP contribution in [0, 0.1) is 20.8 Å². The maximum Gasteiger partial charge on any atom is 0.352 e. The number of amides is 1. The zero-order chi connectivity index (χ0) is 14.9. The molecule has 0 atom stereocenters. The lowest BCUT2D eigenvalue weighted by Gasteiger charge is -2.05. The molecule has 0 bridgehead atoms. The number of carboxylic acids is 1. The van der Waals surface area contributed by atoms with Gasteiger partial charge < -0.3 is 15.4 Å². The molecule has 0 aliphatic carbocycles. The summed E-state index contributed by atoms with van der Waals surface area (Å²) in [5.41, 5.74) is 2.66. The second kappa shape index (κ2) is 5.50. The van der Waals surface area contributed by atoms with Crippen LogP contribution in [0.2, 0.25) is 0 Å². The minimum Gasteiger partial charge on any atom is -0.477 e. The van der Waals surface area contributed by atoms with Gasteiger partial charge in [0.2, 0.25) is 0 Å². The van der Waals surface area contributed by atoms with Crippen LogP contribution in [-0.2, 0) is 6.54 Å². The topological polar surface area (TPSA) is 82.2 Å². The van der Waals surface area contributed by atoms with Gasteiger partial charge in [0.05, 0.1) is 12.1 Å². The molecule has 2 aromatic rings. The van der Waals surface area contributed by atoms with E-state index in [2.05, 4.69) is 10.3 Å². The molecule has 5 nitrogen and oxygen atoms in total. The summed E-state index contributed by atoms with van der Waals surface area (Å²) in [5, 5.41) is 13.9. The Kier molecular flexibility index (Phi) is 3.94. The van der Waals surface area contributed by atoms with E-state index in [0.29, 0.717) is 23.4 Å². The average molecular weight is 292 g/mol. The van der Waals surface area contributed by atoms with E-state index >= 15 is 0 Å². The van der Waals surface area contributed by atoms with E-state index in [1.165, 1.54) is 0 Å². The highest BCUT2D eigenvalue weighted by Crippen LogP contribution is 2.19. The molecule has 20 heavy (non-hydrogen) atoms. The zero-order valence-electron chi connectivity index (χ0n) is 11.5. The molecular formula is C14H16N2O3S. The van der Waals surface area contributed by atoms with E-state index in [4.69, 9.17) is 5.11 Å². The van der Waals surface area contributed by atoms with Crippen molar-refractivity contribution in [1.29, 1.82) is 0 Å². The number of aromatic nitrogens is 1. The van der Waals surface area contributed by atoms with E-state index in [1.807, 2.05) is 18.4 Å². The SMILES string of the molecule is Cc1ccsc1CNC(=O)c1c(C)[nH]c(C(=O)O)c1C. The number of carbonyl (C=O) groups is 2. The first-order valence-electron chi connectivity index (χ1n) is 6.15. The summed E-state index contributed by atoms with van der Waals surface area (Å²) in [6.07, 6.45) is 0. The summed E-state index contributed by atoms with van der Waals surface area (Å²) < 4.78 is 0. The molecule has 0 radical (unpaired) electrons. The highest BCUT2D eigenvalue weighted by atomic mass is 32.1. The van der Waals surface area contributed by atoms with Crippen molar-refractivity contribution in [3.05, 3.63) is 44.4 Å². The first-order chi connectivity index (χ1) is 9.41. The van der Waals surface area contributed by atoms with Crippen molar-refractivity contribution in [1.82, 2.24) is 10.3 Å². The molecule has 0 unspecified atom stereocenters. The number of H-pyrrole nitrogens is 1. The van der Waals surface area contributed by atoms with Crippen LogP contribution >= 0.6 is 11.3 Å². The molecule has 0 fully saturated rings. The quantitative estimate of drug-likeness (QED) is 0.810. The monoisotopic (exact) mass is 292 g/mol. The zero-order valence-corrected chi connectivity index (χ0v) is 12.4. The molecular weight excluding hydrogens is 276 g/mol. The van der Waals surface area contributed by atoms with Crippen molar-refractivity contribution < 1.29 is 14.7 Å². The number of nitrogens with one attached hydrogen (secondary N) is 2. The molecule has 1 amide bonds. The fraction of sp³-hybridized carbons (Fsp3) is 0.286. The summed E-state index contributed by atoms with van der Waals surface area (Å²) in [7, 11) is 0. The number of carbonyl (C=O) groups excluding carboxylic acids is 1. The summed E-state index contributed by atoms with van der Waals surface area (Å²) in [6.45, 7) is 5.78. The fourth-order valence-corrected chi connectivity index (χ4v) is 2.98. The van der Waals surface area contributed by atoms with E-state index in [0.717, 1.165) is 10.4 Å². The lowest BCUT2D eigenvalue weighted by molar-refractivity contribution is 0.0690. The molecule has 3 N–H and O–H groups in total. The summed E-state index contributed by atoms with van der Waals surface area (Å²) in [5.74, 6) is -1.31. The smallest absolute Gasteiger partial charge is 0.352 e. The predicted octanol–water partition coefficient (Wildman–Crippen LogP) is 2.63. The molecule has 0 aromatic carbocycles. The molecule has 0 saturated carbocycles. The van der Waals surface area contributed by atoms with Crippen LogP contribution < -0.4 is 5.32 Å². The van der Waals surface area contributed by atoms with Gasteiger partial charge in [-0.05, 0) is 43.3 Å². The van der Waals surface area contributed by atoms with Gasteiger partial charge in [0.1, 0.15) is 5.69 Å². The standard InChI is InChI=1S/C14H16N2O3S/c1-7-4-5-20-10(7)6-15-13(17)11-8(2)12(14(18)19)16-9(11)3/h4-5,16H,6H2,1-3H3,(H,15,17)(H,18,19). The van der Waals surface area contributed by atoms with Gasteiger partial charge in [0, 0.05) is 10.6 Å². The Labute approximate surface area is 120 Å². The third-order valence-electron chi connectivity index (χ3n) is 3.26. The molecule has 0 saturated heterocycles. The van der Waals surface area contributed by atoms with Gasteiger partial charge in [-0.2, -0.15) is 0 Å². The van der Waals surface area contributed by atoms with E-state index < -0.39 is 5.97 Å². The van der Waals surface area contributed by atoms with Crippen molar-refractivity contribution >= 4 is 23.2 Å². The Balaban J connectivity index is 2.18. The maximum absolute atomic E-state index is 12.2. The number of aromatic amines is 1. The number of hydrogen-bond acceptors (Lipinski definition) is 3. The van der Waals surface area contributed by atoms with Crippen molar-refractivity contribution in [2.24, 2.45) is 0 Å². The summed E-state index contributed by atoms with van der Waals surface area (Å²) in [6, 6.07) is 2.00. The van der Waals surface area contributed by atoms with E-state index in [9.17, 15) is 9.59 Å². The van der Waals surface area contributed by atoms with Crippen LogP contribution in [0.15, 0.2) is 11.4 Å². The second-order valence-electron chi connectivity index (χ2n) is 4.64. The maximum atomic E-state index is 12.2. The minimum absolute atomic E-state index is 0.0694. The molecule has 0 spiro atoms. The van der Waals surface area contributed by atoms with E-state index in [1.54, 1.807) is 25.2 Å². The Bertz CT molecular complexity index is 670. The van der Waals surface area contributed by atoms with Crippen LogP contribution in [0.25, 0.3) is 0 Å². The number of carboxylic acid groups (broad SMARTS) is 1. The van der Waals surface area contributed by atoms with Crippen molar-refractivity contribution in [3.8, 4) is 0 Å². The van der Waals surface area contributed by atoms with Crippen LogP contribution in [0.4, 0.5) is 0 Å². The largest absolute Gasteiger partial charge is 0.477 e. The summed E-state index contributed by atoms with van der Waals surface area (Å²) >= 11 is 1.59. The van der Waals surface area contributed by atoms with Crippen LogP contribution in [0.1, 0.15) is 42.5 Å². The van der Waals surface area contributed by atoms with Crippen LogP contribution in [-0.4, -0.2) is 22.0 Å². The van der Waals surface area contributed by atoms with Gasteiger partial charge in [-0.25, -0.2) is 4.79 Å². The number of aromatic carboxylic acids is 1. The number of aryl methyl sites for hydroxylation is 2. The van der Waals surface area contributed by atoms with Crippen molar-refractivity contribution in [2.75, 3.05) is 0 Å². The van der Waals surface area contributed by atoms with Gasteiger partial charge in [0.15, 0.2) is 0 Å². The first-order valence-corrected chi connectivity index (χ1v) is 7.03. The molecule has 0 aliphatic heterocycles. The van der Waals surface area contributed by atoms with Crippen molar-refractivity contribution in [3.63, 3.8) is 0 Å². The molecule has 0 aliphatic rings. The average Bonchev–Trinajstić information content (AvgIpc) is 2.90. The predicted molar refractivity (Wildman–Crippen MR) is 77.5 cm³/mol. The molecule has 106 valence electrons.